The summed E-state index contributed by atoms with van der Waals surface area (Å²) >= 11 is 1.46. The van der Waals surface area contributed by atoms with E-state index in [2.05, 4.69) is 37.4 Å². The molecule has 0 radical (unpaired) electrons. The average Bonchev–Trinajstić information content (AvgIpc) is 3.56. The SMILES string of the molecule is CNc1ncc(C#Cc2ccc3nc(CO)sc3c2)c2cc(NC(=O)C3CC3)ncc12. The molecule has 7 nitrogen and oxygen atoms in total. The molecule has 1 saturated carbocycles. The molecule has 31 heavy (non-hydrogen) atoms. The van der Waals surface area contributed by atoms with E-state index in [0.29, 0.717) is 16.6 Å². The molecule has 0 atom stereocenters. The molecule has 4 aromatic rings. The van der Waals surface area contributed by atoms with Crippen LogP contribution in [0.1, 0.15) is 29.0 Å². The summed E-state index contributed by atoms with van der Waals surface area (Å²) in [6.45, 7) is -0.0660. The highest BCUT2D eigenvalue weighted by Crippen LogP contribution is 2.31. The van der Waals surface area contributed by atoms with E-state index in [4.69, 9.17) is 0 Å². The quantitative estimate of drug-likeness (QED) is 0.429. The molecule has 0 saturated heterocycles. The fraction of sp³-hybridized carbons (Fsp3) is 0.217. The zero-order valence-corrected chi connectivity index (χ0v) is 17.6. The van der Waals surface area contributed by atoms with Gasteiger partial charge in [-0.3, -0.25) is 4.79 Å². The molecule has 5 rings (SSSR count). The summed E-state index contributed by atoms with van der Waals surface area (Å²) in [5, 5.41) is 17.7. The Morgan fingerprint density at radius 2 is 2.06 bits per heavy atom. The number of nitrogens with zero attached hydrogens (tertiary/aromatic N) is 3. The molecule has 8 heteroatoms. The molecule has 1 amide bonds. The average molecular weight is 430 g/mol. The predicted octanol–water partition coefficient (Wildman–Crippen LogP) is 3.52. The van der Waals surface area contributed by atoms with Crippen LogP contribution in [0.5, 0.6) is 0 Å². The van der Waals surface area contributed by atoms with E-state index in [1.807, 2.05) is 24.3 Å². The summed E-state index contributed by atoms with van der Waals surface area (Å²) in [5.41, 5.74) is 2.45. The number of benzene rings is 1. The van der Waals surface area contributed by atoms with Gasteiger partial charge < -0.3 is 15.7 Å². The number of pyridine rings is 2. The molecule has 0 unspecified atom stereocenters. The molecule has 3 N–H and O–H groups in total. The highest BCUT2D eigenvalue weighted by molar-refractivity contribution is 7.18. The topological polar surface area (TPSA) is 100 Å². The van der Waals surface area contributed by atoms with Crippen molar-refractivity contribution in [3.8, 4) is 11.8 Å². The first-order valence-electron chi connectivity index (χ1n) is 9.94. The van der Waals surface area contributed by atoms with Gasteiger partial charge in [0.2, 0.25) is 5.91 Å². The molecule has 1 fully saturated rings. The van der Waals surface area contributed by atoms with Crippen molar-refractivity contribution in [1.29, 1.82) is 0 Å². The van der Waals surface area contributed by atoms with E-state index in [9.17, 15) is 9.90 Å². The lowest BCUT2D eigenvalue weighted by Gasteiger charge is -2.09. The Hall–Kier alpha value is -3.54. The van der Waals surface area contributed by atoms with Crippen LogP contribution in [-0.4, -0.2) is 33.0 Å². The summed E-state index contributed by atoms with van der Waals surface area (Å²) in [7, 11) is 1.81. The van der Waals surface area contributed by atoms with Crippen LogP contribution in [0.3, 0.4) is 0 Å². The smallest absolute Gasteiger partial charge is 0.228 e. The van der Waals surface area contributed by atoms with Gasteiger partial charge in [-0.2, -0.15) is 0 Å². The number of hydrogen-bond acceptors (Lipinski definition) is 7. The summed E-state index contributed by atoms with van der Waals surface area (Å²) in [6.07, 6.45) is 5.31. The number of carbonyl (C=O) groups is 1. The number of carbonyl (C=O) groups excluding carboxylic acids is 1. The lowest BCUT2D eigenvalue weighted by Crippen LogP contribution is -2.14. The fourth-order valence-corrected chi connectivity index (χ4v) is 4.20. The standard InChI is InChI=1S/C23H19N5O2S/c1-24-22-17-11-25-20(28-23(30)14-5-6-14)9-16(17)15(10-26-22)4-2-13-3-7-18-19(8-13)31-21(12-29)27-18/h3,7-11,14,29H,5-6,12H2,1H3,(H,24,26)(H,25,28,30). The maximum atomic E-state index is 12.1. The number of anilines is 2. The van der Waals surface area contributed by atoms with Crippen molar-refractivity contribution in [2.24, 2.45) is 5.92 Å². The van der Waals surface area contributed by atoms with Gasteiger partial charge >= 0.3 is 0 Å². The maximum Gasteiger partial charge on any atom is 0.228 e. The highest BCUT2D eigenvalue weighted by atomic mass is 32.1. The van der Waals surface area contributed by atoms with E-state index in [-0.39, 0.29) is 18.4 Å². The minimum atomic E-state index is -0.0660. The van der Waals surface area contributed by atoms with Crippen molar-refractivity contribution in [3.63, 3.8) is 0 Å². The number of nitrogens with one attached hydrogen (secondary N) is 2. The van der Waals surface area contributed by atoms with Gasteiger partial charge in [-0.1, -0.05) is 11.8 Å². The molecule has 0 aliphatic heterocycles. The van der Waals surface area contributed by atoms with Gasteiger partial charge in [0, 0.05) is 41.7 Å². The number of aliphatic hydroxyl groups is 1. The molecular formula is C23H19N5O2S. The molecule has 0 spiro atoms. The Bertz CT molecular complexity index is 1380. The van der Waals surface area contributed by atoms with Crippen molar-refractivity contribution in [2.75, 3.05) is 17.7 Å². The number of fused-ring (bicyclic) bond motifs is 2. The number of aliphatic hydroxyl groups excluding tert-OH is 1. The third-order valence-corrected chi connectivity index (χ3v) is 6.12. The Morgan fingerprint density at radius 1 is 1.19 bits per heavy atom. The number of aromatic nitrogens is 3. The Kier molecular flexibility index (Phi) is 4.98. The van der Waals surface area contributed by atoms with E-state index < -0.39 is 0 Å². The van der Waals surface area contributed by atoms with Crippen molar-refractivity contribution in [2.45, 2.75) is 19.4 Å². The lowest BCUT2D eigenvalue weighted by molar-refractivity contribution is -0.117. The van der Waals surface area contributed by atoms with Crippen molar-refractivity contribution in [3.05, 3.63) is 52.8 Å². The number of rotatable bonds is 4. The Morgan fingerprint density at radius 3 is 2.84 bits per heavy atom. The van der Waals surface area contributed by atoms with Gasteiger partial charge in [0.15, 0.2) is 0 Å². The number of amides is 1. The zero-order chi connectivity index (χ0) is 21.4. The third kappa shape index (κ3) is 3.93. The largest absolute Gasteiger partial charge is 0.389 e. The summed E-state index contributed by atoms with van der Waals surface area (Å²) < 4.78 is 0.985. The molecule has 0 bridgehead atoms. The lowest BCUT2D eigenvalue weighted by atomic mass is 10.1. The predicted molar refractivity (Wildman–Crippen MR) is 122 cm³/mol. The normalized spacial score (nSPS) is 13.1. The zero-order valence-electron chi connectivity index (χ0n) is 16.8. The third-order valence-electron chi connectivity index (χ3n) is 5.12. The van der Waals surface area contributed by atoms with Gasteiger partial charge in [-0.25, -0.2) is 15.0 Å². The van der Waals surface area contributed by atoms with E-state index in [1.54, 1.807) is 19.4 Å². The Balaban J connectivity index is 1.53. The van der Waals surface area contributed by atoms with Gasteiger partial charge in [0.25, 0.3) is 0 Å². The molecule has 1 aromatic carbocycles. The molecule has 154 valence electrons. The van der Waals surface area contributed by atoms with E-state index >= 15 is 0 Å². The van der Waals surface area contributed by atoms with Crippen molar-refractivity contribution < 1.29 is 9.90 Å². The van der Waals surface area contributed by atoms with E-state index in [1.165, 1.54) is 11.3 Å². The molecule has 3 heterocycles. The molecule has 1 aliphatic carbocycles. The molecular weight excluding hydrogens is 410 g/mol. The second-order valence-corrected chi connectivity index (χ2v) is 8.46. The van der Waals surface area contributed by atoms with E-state index in [0.717, 1.165) is 45.0 Å². The molecule has 1 aliphatic rings. The summed E-state index contributed by atoms with van der Waals surface area (Å²) in [5.74, 6) is 7.75. The summed E-state index contributed by atoms with van der Waals surface area (Å²) in [4.78, 5) is 25.3. The van der Waals surface area contributed by atoms with Gasteiger partial charge in [-0.15, -0.1) is 11.3 Å². The second kappa shape index (κ2) is 7.95. The van der Waals surface area contributed by atoms with Crippen LogP contribution in [0.15, 0.2) is 36.7 Å². The van der Waals surface area contributed by atoms with Crippen molar-refractivity contribution >= 4 is 49.9 Å². The summed E-state index contributed by atoms with van der Waals surface area (Å²) in [6, 6.07) is 7.64. The maximum absolute atomic E-state index is 12.1. The number of hydrogen-bond donors (Lipinski definition) is 3. The van der Waals surface area contributed by atoms with Gasteiger partial charge in [0.1, 0.15) is 16.6 Å². The minimum Gasteiger partial charge on any atom is -0.389 e. The monoisotopic (exact) mass is 429 g/mol. The molecule has 3 aromatic heterocycles. The number of thiazole rings is 1. The van der Waals surface area contributed by atoms with Crippen LogP contribution < -0.4 is 10.6 Å². The van der Waals surface area contributed by atoms with Crippen LogP contribution >= 0.6 is 11.3 Å². The highest BCUT2D eigenvalue weighted by Gasteiger charge is 2.29. The van der Waals surface area contributed by atoms with Crippen LogP contribution in [0.2, 0.25) is 0 Å². The van der Waals surface area contributed by atoms with Crippen LogP contribution in [0.4, 0.5) is 11.6 Å². The fourth-order valence-electron chi connectivity index (χ4n) is 3.33. The minimum absolute atomic E-state index is 0.0162. The first kappa shape index (κ1) is 19.4. The van der Waals surface area contributed by atoms with Crippen LogP contribution in [-0.2, 0) is 11.4 Å². The van der Waals surface area contributed by atoms with Crippen LogP contribution in [0, 0.1) is 17.8 Å². The van der Waals surface area contributed by atoms with Crippen LogP contribution in [0.25, 0.3) is 21.0 Å². The first-order valence-corrected chi connectivity index (χ1v) is 10.8. The van der Waals surface area contributed by atoms with Gasteiger partial charge in [0.05, 0.1) is 22.4 Å². The second-order valence-electron chi connectivity index (χ2n) is 7.35. The van der Waals surface area contributed by atoms with Gasteiger partial charge in [-0.05, 0) is 37.1 Å². The Labute approximate surface area is 182 Å². The van der Waals surface area contributed by atoms with Crippen molar-refractivity contribution in [1.82, 2.24) is 15.0 Å². The first-order chi connectivity index (χ1) is 15.1.